The number of carbonyl (C=O) groups excluding carboxylic acids is 1. The van der Waals surface area contributed by atoms with Gasteiger partial charge in [0.15, 0.2) is 0 Å². The van der Waals surface area contributed by atoms with Crippen LogP contribution in [0.1, 0.15) is 39.6 Å². The van der Waals surface area contributed by atoms with Crippen molar-refractivity contribution in [1.82, 2.24) is 19.9 Å². The Bertz CT molecular complexity index is 948. The third-order valence-corrected chi connectivity index (χ3v) is 4.97. The second kappa shape index (κ2) is 7.80. The summed E-state index contributed by atoms with van der Waals surface area (Å²) in [7, 11) is 3.39. The highest BCUT2D eigenvalue weighted by Crippen LogP contribution is 2.26. The predicted molar refractivity (Wildman–Crippen MR) is 107 cm³/mol. The van der Waals surface area contributed by atoms with Gasteiger partial charge in [0.2, 0.25) is 5.82 Å². The Labute approximate surface area is 165 Å². The van der Waals surface area contributed by atoms with Gasteiger partial charge in [-0.25, -0.2) is 9.97 Å². The van der Waals surface area contributed by atoms with Crippen molar-refractivity contribution in [3.63, 3.8) is 0 Å². The maximum atomic E-state index is 12.3. The summed E-state index contributed by atoms with van der Waals surface area (Å²) in [6.45, 7) is 7.34. The minimum atomic E-state index is -0.204. The molecule has 28 heavy (non-hydrogen) atoms. The van der Waals surface area contributed by atoms with Crippen molar-refractivity contribution < 1.29 is 4.79 Å². The van der Waals surface area contributed by atoms with E-state index >= 15 is 0 Å². The first-order chi connectivity index (χ1) is 13.3. The molecule has 0 aliphatic carbocycles. The number of pyridine rings is 1. The van der Waals surface area contributed by atoms with Crippen LogP contribution in [0, 0.1) is 32.1 Å². The number of hydrogen-bond acceptors (Lipinski definition) is 7. The Morgan fingerprint density at radius 1 is 1.32 bits per heavy atom. The highest BCUT2D eigenvalue weighted by Gasteiger charge is 2.27. The first-order valence-corrected chi connectivity index (χ1v) is 9.25. The van der Waals surface area contributed by atoms with Crippen LogP contribution >= 0.6 is 0 Å². The molecule has 8 nitrogen and oxygen atoms in total. The Balaban J connectivity index is 1.82. The Kier molecular flexibility index (Phi) is 5.45. The van der Waals surface area contributed by atoms with E-state index in [4.69, 9.17) is 0 Å². The van der Waals surface area contributed by atoms with Gasteiger partial charge in [0.05, 0.1) is 11.3 Å². The van der Waals surface area contributed by atoms with Crippen molar-refractivity contribution in [2.45, 2.75) is 33.2 Å². The minimum absolute atomic E-state index is 0.177. The summed E-state index contributed by atoms with van der Waals surface area (Å²) >= 11 is 0. The summed E-state index contributed by atoms with van der Waals surface area (Å²) in [5, 5.41) is 12.8. The molecular weight excluding hydrogens is 354 g/mol. The highest BCUT2D eigenvalue weighted by atomic mass is 16.2. The second-order valence-electron chi connectivity index (χ2n) is 7.34. The molecule has 0 bridgehead atoms. The maximum Gasteiger partial charge on any atom is 0.291 e. The molecule has 1 aliphatic rings. The lowest BCUT2D eigenvalue weighted by molar-refractivity contribution is 0.0815. The number of hydrogen-bond donors (Lipinski definition) is 1. The molecule has 1 fully saturated rings. The number of nitrogens with zero attached hydrogens (tertiary/aromatic N) is 6. The molecule has 1 N–H and O–H groups in total. The van der Waals surface area contributed by atoms with Crippen molar-refractivity contribution in [3.8, 4) is 6.07 Å². The topological polar surface area (TPSA) is 98.0 Å². The first kappa shape index (κ1) is 19.5. The van der Waals surface area contributed by atoms with Crippen molar-refractivity contribution in [2.75, 3.05) is 37.4 Å². The maximum absolute atomic E-state index is 12.3. The summed E-state index contributed by atoms with van der Waals surface area (Å²) in [5.41, 5.74) is 4.00. The minimum Gasteiger partial charge on any atom is -0.379 e. The van der Waals surface area contributed by atoms with Crippen molar-refractivity contribution >= 4 is 17.4 Å². The molecule has 2 aromatic rings. The Hall–Kier alpha value is -3.21. The molecule has 0 saturated carbocycles. The zero-order chi connectivity index (χ0) is 20.4. The standard InChI is InChI=1S/C20H25N7O/c1-12-8-17(15(9-21)10-22-12)24-16-6-7-27(11-16)19-13(2)14(3)23-18(25-19)20(28)26(4)5/h8,10,16H,6-7,11H2,1-5H3,(H,22,24)/t16-/m1/s1. The predicted octanol–water partition coefficient (Wildman–Crippen LogP) is 2.06. The molecule has 2 aromatic heterocycles. The average molecular weight is 379 g/mol. The fourth-order valence-electron chi connectivity index (χ4n) is 3.28. The Morgan fingerprint density at radius 3 is 2.75 bits per heavy atom. The summed E-state index contributed by atoms with van der Waals surface area (Å²) in [6, 6.07) is 4.26. The molecule has 0 unspecified atom stereocenters. The van der Waals surface area contributed by atoms with Gasteiger partial charge in [-0.05, 0) is 33.3 Å². The summed E-state index contributed by atoms with van der Waals surface area (Å²) < 4.78 is 0. The quantitative estimate of drug-likeness (QED) is 0.868. The fourth-order valence-corrected chi connectivity index (χ4v) is 3.28. The normalized spacial score (nSPS) is 16.0. The molecule has 1 atom stereocenters. The van der Waals surface area contributed by atoms with E-state index in [1.807, 2.05) is 26.8 Å². The lowest BCUT2D eigenvalue weighted by Crippen LogP contribution is -2.30. The van der Waals surface area contributed by atoms with Crippen LogP contribution in [0.5, 0.6) is 0 Å². The number of nitrogens with one attached hydrogen (secondary N) is 1. The van der Waals surface area contributed by atoms with Gasteiger partial charge >= 0.3 is 0 Å². The van der Waals surface area contributed by atoms with E-state index in [-0.39, 0.29) is 17.8 Å². The van der Waals surface area contributed by atoms with E-state index in [1.54, 1.807) is 20.3 Å². The SMILES string of the molecule is Cc1cc(N[C@@H]2CCN(c3nc(C(=O)N(C)C)nc(C)c3C)C2)c(C#N)cn1. The molecule has 1 aliphatic heterocycles. The zero-order valence-corrected chi connectivity index (χ0v) is 16.9. The van der Waals surface area contributed by atoms with E-state index in [2.05, 4.69) is 31.2 Å². The average Bonchev–Trinajstić information content (AvgIpc) is 3.11. The van der Waals surface area contributed by atoms with Crippen molar-refractivity contribution in [3.05, 3.63) is 40.6 Å². The lowest BCUT2D eigenvalue weighted by atomic mass is 10.2. The number of aromatic nitrogens is 3. The molecule has 0 spiro atoms. The zero-order valence-electron chi connectivity index (χ0n) is 16.9. The van der Waals surface area contributed by atoms with Gasteiger partial charge in [-0.3, -0.25) is 9.78 Å². The molecule has 0 aromatic carbocycles. The third kappa shape index (κ3) is 3.88. The lowest BCUT2D eigenvalue weighted by Gasteiger charge is -2.22. The molecule has 8 heteroatoms. The van der Waals surface area contributed by atoms with Gasteiger partial charge in [-0.2, -0.15) is 5.26 Å². The van der Waals surface area contributed by atoms with Crippen molar-refractivity contribution in [1.29, 1.82) is 5.26 Å². The van der Waals surface area contributed by atoms with Crippen molar-refractivity contribution in [2.24, 2.45) is 0 Å². The smallest absolute Gasteiger partial charge is 0.291 e. The molecule has 3 heterocycles. The Morgan fingerprint density at radius 2 is 2.07 bits per heavy atom. The largest absolute Gasteiger partial charge is 0.379 e. The summed E-state index contributed by atoms with van der Waals surface area (Å²) in [5.74, 6) is 0.814. The fraction of sp³-hybridized carbons (Fsp3) is 0.450. The van der Waals surface area contributed by atoms with E-state index in [1.165, 1.54) is 4.90 Å². The summed E-state index contributed by atoms with van der Waals surface area (Å²) in [4.78, 5) is 29.1. The van der Waals surface area contributed by atoms with Crippen LogP contribution in [0.4, 0.5) is 11.5 Å². The van der Waals surface area contributed by atoms with Crippen LogP contribution in [0.2, 0.25) is 0 Å². The van der Waals surface area contributed by atoms with E-state index in [0.717, 1.165) is 48.0 Å². The van der Waals surface area contributed by atoms with Crippen LogP contribution in [0.3, 0.4) is 0 Å². The summed E-state index contributed by atoms with van der Waals surface area (Å²) in [6.07, 6.45) is 2.51. The number of aryl methyl sites for hydroxylation is 2. The van der Waals surface area contributed by atoms with E-state index in [0.29, 0.717) is 5.56 Å². The monoisotopic (exact) mass is 379 g/mol. The van der Waals surface area contributed by atoms with Gasteiger partial charge in [-0.1, -0.05) is 0 Å². The van der Waals surface area contributed by atoms with Gasteiger partial charge in [0, 0.05) is 56.4 Å². The molecular formula is C20H25N7O. The number of rotatable bonds is 4. The molecule has 146 valence electrons. The molecule has 3 rings (SSSR count). The van der Waals surface area contributed by atoms with Gasteiger partial charge in [0.1, 0.15) is 11.9 Å². The van der Waals surface area contributed by atoms with Gasteiger partial charge in [-0.15, -0.1) is 0 Å². The van der Waals surface area contributed by atoms with Crippen LogP contribution in [0.15, 0.2) is 12.3 Å². The number of nitriles is 1. The third-order valence-electron chi connectivity index (χ3n) is 4.97. The van der Waals surface area contributed by atoms with Gasteiger partial charge in [0.25, 0.3) is 5.91 Å². The van der Waals surface area contributed by atoms with E-state index in [9.17, 15) is 10.1 Å². The highest BCUT2D eigenvalue weighted by molar-refractivity contribution is 5.90. The molecule has 0 radical (unpaired) electrons. The van der Waals surface area contributed by atoms with E-state index < -0.39 is 0 Å². The first-order valence-electron chi connectivity index (χ1n) is 9.25. The number of anilines is 2. The van der Waals surface area contributed by atoms with Crippen LogP contribution in [0.25, 0.3) is 0 Å². The van der Waals surface area contributed by atoms with Crippen LogP contribution in [-0.2, 0) is 0 Å². The molecule has 1 amide bonds. The molecule has 1 saturated heterocycles. The second-order valence-corrected chi connectivity index (χ2v) is 7.34. The number of amides is 1. The number of carbonyl (C=O) groups is 1. The van der Waals surface area contributed by atoms with Crippen LogP contribution in [-0.4, -0.2) is 59.0 Å². The van der Waals surface area contributed by atoms with Crippen LogP contribution < -0.4 is 10.2 Å². The van der Waals surface area contributed by atoms with Gasteiger partial charge < -0.3 is 15.1 Å².